The van der Waals surface area contributed by atoms with Gasteiger partial charge >= 0.3 is 0 Å². The molecule has 3 rings (SSSR count). The number of benzene rings is 2. The Kier molecular flexibility index (Phi) is 4.00. The summed E-state index contributed by atoms with van der Waals surface area (Å²) in [7, 11) is 0. The summed E-state index contributed by atoms with van der Waals surface area (Å²) in [6.45, 7) is 8.19. The van der Waals surface area contributed by atoms with Gasteiger partial charge in [-0.15, -0.1) is 0 Å². The summed E-state index contributed by atoms with van der Waals surface area (Å²) in [6.07, 6.45) is 1.89. The molecule has 1 heterocycles. The van der Waals surface area contributed by atoms with Gasteiger partial charge in [-0.1, -0.05) is 32.0 Å². The number of fused-ring (bicyclic) bond motifs is 1. The van der Waals surface area contributed by atoms with Crippen LogP contribution in [0.1, 0.15) is 25.0 Å². The van der Waals surface area contributed by atoms with Crippen molar-refractivity contribution in [3.63, 3.8) is 0 Å². The fourth-order valence-corrected chi connectivity index (χ4v) is 2.11. The number of nitrogens with zero attached hydrogens (tertiary/aromatic N) is 2. The third kappa shape index (κ3) is 2.68. The number of imidazole rings is 1. The fraction of sp³-hybridized carbons (Fsp3) is 0.235. The summed E-state index contributed by atoms with van der Waals surface area (Å²) < 4.78 is 2.13. The Balaban J connectivity index is 0.000000637. The van der Waals surface area contributed by atoms with Crippen LogP contribution in [0.2, 0.25) is 0 Å². The second kappa shape index (κ2) is 5.70. The molecule has 0 saturated carbocycles. The van der Waals surface area contributed by atoms with Gasteiger partial charge in [-0.2, -0.15) is 0 Å². The van der Waals surface area contributed by atoms with Gasteiger partial charge < -0.3 is 0 Å². The number of hydrogen-bond donors (Lipinski definition) is 0. The molecule has 0 spiro atoms. The maximum absolute atomic E-state index is 4.45. The van der Waals surface area contributed by atoms with Crippen molar-refractivity contribution >= 4 is 11.0 Å². The van der Waals surface area contributed by atoms with Crippen molar-refractivity contribution < 1.29 is 0 Å². The smallest absolute Gasteiger partial charge is 0.100 e. The molecule has 3 aromatic rings. The van der Waals surface area contributed by atoms with Gasteiger partial charge in [-0.3, -0.25) is 4.57 Å². The Morgan fingerprint density at radius 3 is 2.37 bits per heavy atom. The Morgan fingerprint density at radius 2 is 1.63 bits per heavy atom. The standard InChI is InChI=1S/C15H14N2.C2H6/c1-11-4-3-5-13(8-11)17-10-16-14-9-12(2)6-7-15(14)17;1-2/h3-10H,1-2H3;1-2H3. The minimum Gasteiger partial charge on any atom is -0.299 e. The van der Waals surface area contributed by atoms with Gasteiger partial charge in [0.2, 0.25) is 0 Å². The van der Waals surface area contributed by atoms with Crippen LogP contribution in [0.5, 0.6) is 0 Å². The van der Waals surface area contributed by atoms with Gasteiger partial charge in [0.05, 0.1) is 11.0 Å². The largest absolute Gasteiger partial charge is 0.299 e. The molecule has 0 aliphatic heterocycles. The molecule has 1 aromatic heterocycles. The SMILES string of the molecule is CC.Cc1cccc(-n2cnc3cc(C)ccc32)c1. The molecule has 0 unspecified atom stereocenters. The minimum atomic E-state index is 1.05. The zero-order chi connectivity index (χ0) is 13.8. The molecular formula is C17H20N2. The number of rotatable bonds is 1. The lowest BCUT2D eigenvalue weighted by atomic mass is 10.2. The summed E-state index contributed by atoms with van der Waals surface area (Å²) in [6, 6.07) is 14.8. The van der Waals surface area contributed by atoms with E-state index >= 15 is 0 Å². The molecule has 0 bridgehead atoms. The van der Waals surface area contributed by atoms with Crippen LogP contribution < -0.4 is 0 Å². The first-order chi connectivity index (χ1) is 9.24. The molecule has 2 aromatic carbocycles. The second-order valence-corrected chi connectivity index (χ2v) is 4.45. The van der Waals surface area contributed by atoms with E-state index in [0.717, 1.165) is 16.7 Å². The molecule has 19 heavy (non-hydrogen) atoms. The summed E-state index contributed by atoms with van der Waals surface area (Å²) in [4.78, 5) is 4.45. The van der Waals surface area contributed by atoms with E-state index in [0.29, 0.717) is 0 Å². The van der Waals surface area contributed by atoms with Crippen molar-refractivity contribution in [1.82, 2.24) is 9.55 Å². The average Bonchev–Trinajstić information content (AvgIpc) is 2.84. The van der Waals surface area contributed by atoms with Gasteiger partial charge in [0.25, 0.3) is 0 Å². The van der Waals surface area contributed by atoms with Crippen LogP contribution in [0, 0.1) is 13.8 Å². The lowest BCUT2D eigenvalue weighted by molar-refractivity contribution is 1.09. The van der Waals surface area contributed by atoms with E-state index in [1.54, 1.807) is 0 Å². The predicted molar refractivity (Wildman–Crippen MR) is 81.9 cm³/mol. The number of hydrogen-bond acceptors (Lipinski definition) is 1. The van der Waals surface area contributed by atoms with Crippen molar-refractivity contribution in [2.24, 2.45) is 0 Å². The lowest BCUT2D eigenvalue weighted by Crippen LogP contribution is -1.91. The Hall–Kier alpha value is -2.09. The molecule has 0 saturated heterocycles. The maximum Gasteiger partial charge on any atom is 0.100 e. The highest BCUT2D eigenvalue weighted by atomic mass is 15.0. The number of aryl methyl sites for hydroxylation is 2. The topological polar surface area (TPSA) is 17.8 Å². The Morgan fingerprint density at radius 1 is 0.895 bits per heavy atom. The highest BCUT2D eigenvalue weighted by Crippen LogP contribution is 2.19. The highest BCUT2D eigenvalue weighted by Gasteiger charge is 2.04. The maximum atomic E-state index is 4.45. The fourth-order valence-electron chi connectivity index (χ4n) is 2.11. The Labute approximate surface area is 114 Å². The van der Waals surface area contributed by atoms with Crippen LogP contribution in [-0.4, -0.2) is 9.55 Å². The summed E-state index contributed by atoms with van der Waals surface area (Å²) in [5.41, 5.74) is 5.87. The van der Waals surface area contributed by atoms with Crippen LogP contribution in [0.3, 0.4) is 0 Å². The first-order valence-electron chi connectivity index (χ1n) is 6.75. The molecule has 0 atom stereocenters. The third-order valence-corrected chi connectivity index (χ3v) is 2.98. The van der Waals surface area contributed by atoms with E-state index in [9.17, 15) is 0 Å². The summed E-state index contributed by atoms with van der Waals surface area (Å²) >= 11 is 0. The molecule has 0 fully saturated rings. The highest BCUT2D eigenvalue weighted by molar-refractivity contribution is 5.78. The van der Waals surface area contributed by atoms with Gasteiger partial charge in [-0.25, -0.2) is 4.98 Å². The van der Waals surface area contributed by atoms with E-state index in [-0.39, 0.29) is 0 Å². The molecular weight excluding hydrogens is 232 g/mol. The van der Waals surface area contributed by atoms with Crippen molar-refractivity contribution in [1.29, 1.82) is 0 Å². The van der Waals surface area contributed by atoms with E-state index in [2.05, 4.69) is 65.9 Å². The molecule has 0 aliphatic carbocycles. The quantitative estimate of drug-likeness (QED) is 0.615. The molecule has 0 aliphatic rings. The molecule has 2 nitrogen and oxygen atoms in total. The predicted octanol–water partition coefficient (Wildman–Crippen LogP) is 4.67. The summed E-state index contributed by atoms with van der Waals surface area (Å²) in [5.74, 6) is 0. The van der Waals surface area contributed by atoms with Gasteiger partial charge in [0, 0.05) is 5.69 Å². The zero-order valence-corrected chi connectivity index (χ0v) is 12.0. The van der Waals surface area contributed by atoms with Gasteiger partial charge in [0.1, 0.15) is 6.33 Å². The van der Waals surface area contributed by atoms with Crippen LogP contribution in [0.4, 0.5) is 0 Å². The normalized spacial score (nSPS) is 10.1. The number of aromatic nitrogens is 2. The monoisotopic (exact) mass is 252 g/mol. The first-order valence-corrected chi connectivity index (χ1v) is 6.75. The summed E-state index contributed by atoms with van der Waals surface area (Å²) in [5, 5.41) is 0. The van der Waals surface area contributed by atoms with Crippen LogP contribution in [0.15, 0.2) is 48.8 Å². The Bertz CT molecular complexity index is 681. The minimum absolute atomic E-state index is 1.05. The second-order valence-electron chi connectivity index (χ2n) is 4.45. The van der Waals surface area contributed by atoms with E-state index in [1.807, 2.05) is 20.2 Å². The van der Waals surface area contributed by atoms with Crippen LogP contribution >= 0.6 is 0 Å². The molecule has 0 amide bonds. The van der Waals surface area contributed by atoms with E-state index < -0.39 is 0 Å². The van der Waals surface area contributed by atoms with E-state index in [1.165, 1.54) is 11.1 Å². The van der Waals surface area contributed by atoms with Crippen LogP contribution in [0.25, 0.3) is 16.7 Å². The third-order valence-electron chi connectivity index (χ3n) is 2.98. The van der Waals surface area contributed by atoms with Crippen LogP contribution in [-0.2, 0) is 0 Å². The first kappa shape index (κ1) is 13.3. The van der Waals surface area contributed by atoms with Gasteiger partial charge in [0.15, 0.2) is 0 Å². The molecule has 2 heteroatoms. The zero-order valence-electron chi connectivity index (χ0n) is 12.0. The molecule has 98 valence electrons. The van der Waals surface area contributed by atoms with Crippen molar-refractivity contribution in [2.45, 2.75) is 27.7 Å². The lowest BCUT2D eigenvalue weighted by Gasteiger charge is -2.05. The molecule has 0 N–H and O–H groups in total. The van der Waals surface area contributed by atoms with Crippen molar-refractivity contribution in [2.75, 3.05) is 0 Å². The average molecular weight is 252 g/mol. The van der Waals surface area contributed by atoms with Gasteiger partial charge in [-0.05, 0) is 49.2 Å². The van der Waals surface area contributed by atoms with Crippen molar-refractivity contribution in [3.8, 4) is 5.69 Å². The van der Waals surface area contributed by atoms with E-state index in [4.69, 9.17) is 0 Å². The van der Waals surface area contributed by atoms with Crippen molar-refractivity contribution in [3.05, 3.63) is 59.9 Å². The molecule has 0 radical (unpaired) electrons.